The first-order valence-corrected chi connectivity index (χ1v) is 11.9. The quantitative estimate of drug-likeness (QED) is 0.317. The van der Waals surface area contributed by atoms with Crippen molar-refractivity contribution < 1.29 is 9.53 Å². The van der Waals surface area contributed by atoms with Gasteiger partial charge >= 0.3 is 0 Å². The zero-order chi connectivity index (χ0) is 21.0. The minimum Gasteiger partial charge on any atom is -0.378 e. The topological polar surface area (TPSA) is 55.3 Å². The van der Waals surface area contributed by atoms with Crippen molar-refractivity contribution in [3.63, 3.8) is 0 Å². The lowest BCUT2D eigenvalue weighted by atomic mass is 10.1. The Balaban J connectivity index is 1.58. The van der Waals surface area contributed by atoms with Crippen LogP contribution in [0.15, 0.2) is 77.1 Å². The SMILES string of the molecule is O=C([C@@H](Sc1nc(-c2cccs2)nc2ccccc12)c1ccccc1)N1CCOCC1. The van der Waals surface area contributed by atoms with Crippen LogP contribution in [0.2, 0.25) is 0 Å². The van der Waals surface area contributed by atoms with Crippen molar-refractivity contribution in [3.05, 3.63) is 77.7 Å². The molecule has 0 aliphatic carbocycles. The summed E-state index contributed by atoms with van der Waals surface area (Å²) >= 11 is 3.12. The van der Waals surface area contributed by atoms with Gasteiger partial charge in [-0.1, -0.05) is 66.4 Å². The van der Waals surface area contributed by atoms with Crippen molar-refractivity contribution in [2.75, 3.05) is 26.3 Å². The predicted molar refractivity (Wildman–Crippen MR) is 125 cm³/mol. The van der Waals surface area contributed by atoms with Crippen LogP contribution in [0.5, 0.6) is 0 Å². The zero-order valence-electron chi connectivity index (χ0n) is 16.8. The summed E-state index contributed by atoms with van der Waals surface area (Å²) in [7, 11) is 0. The Kier molecular flexibility index (Phi) is 5.97. The molecule has 156 valence electrons. The summed E-state index contributed by atoms with van der Waals surface area (Å²) in [6.45, 7) is 2.40. The number of benzene rings is 2. The van der Waals surface area contributed by atoms with Crippen LogP contribution in [0.25, 0.3) is 21.6 Å². The lowest BCUT2D eigenvalue weighted by Crippen LogP contribution is -2.42. The molecule has 1 atom stereocenters. The number of ether oxygens (including phenoxy) is 1. The lowest BCUT2D eigenvalue weighted by molar-refractivity contribution is -0.134. The van der Waals surface area contributed by atoms with Gasteiger partial charge in [0.2, 0.25) is 5.91 Å². The molecule has 7 heteroatoms. The van der Waals surface area contributed by atoms with E-state index in [1.165, 1.54) is 11.8 Å². The van der Waals surface area contributed by atoms with Crippen molar-refractivity contribution >= 4 is 39.9 Å². The van der Waals surface area contributed by atoms with Crippen molar-refractivity contribution in [1.29, 1.82) is 0 Å². The van der Waals surface area contributed by atoms with Gasteiger partial charge in [0, 0.05) is 18.5 Å². The maximum Gasteiger partial charge on any atom is 0.240 e. The van der Waals surface area contributed by atoms with Gasteiger partial charge in [0.15, 0.2) is 5.82 Å². The summed E-state index contributed by atoms with van der Waals surface area (Å²) in [5.74, 6) is 0.793. The Hall–Kier alpha value is -2.74. The first kappa shape index (κ1) is 20.2. The van der Waals surface area contributed by atoms with Gasteiger partial charge in [-0.3, -0.25) is 4.79 Å². The number of hydrogen-bond acceptors (Lipinski definition) is 6. The van der Waals surface area contributed by atoms with Crippen LogP contribution in [0, 0.1) is 0 Å². The molecule has 4 aromatic rings. The maximum absolute atomic E-state index is 13.6. The van der Waals surface area contributed by atoms with E-state index in [1.807, 2.05) is 77.0 Å². The molecule has 1 aliphatic heterocycles. The van der Waals surface area contributed by atoms with E-state index in [9.17, 15) is 4.79 Å². The fourth-order valence-electron chi connectivity index (χ4n) is 3.60. The number of rotatable bonds is 5. The standard InChI is InChI=1S/C24H21N3O2S2/c28-24(27-12-14-29-15-13-27)21(17-7-2-1-3-8-17)31-23-18-9-4-5-10-19(18)25-22(26-23)20-11-6-16-30-20/h1-11,16,21H,12-15H2/t21-/m0/s1. The summed E-state index contributed by atoms with van der Waals surface area (Å²) in [4.78, 5) is 26.1. The second-order valence-corrected chi connectivity index (χ2v) is 9.23. The maximum atomic E-state index is 13.6. The Bertz CT molecular complexity index is 1180. The highest BCUT2D eigenvalue weighted by Crippen LogP contribution is 2.40. The number of carbonyl (C=O) groups excluding carboxylic acids is 1. The van der Waals surface area contributed by atoms with E-state index in [0.29, 0.717) is 32.1 Å². The van der Waals surface area contributed by atoms with E-state index in [4.69, 9.17) is 14.7 Å². The second kappa shape index (κ2) is 9.18. The molecular formula is C24H21N3O2S2. The molecule has 1 saturated heterocycles. The average molecular weight is 448 g/mol. The summed E-state index contributed by atoms with van der Waals surface area (Å²) in [6, 6.07) is 22.0. The minimum absolute atomic E-state index is 0.0971. The highest BCUT2D eigenvalue weighted by atomic mass is 32.2. The molecule has 2 aromatic heterocycles. The monoisotopic (exact) mass is 447 g/mol. The number of carbonyl (C=O) groups is 1. The second-order valence-electron chi connectivity index (χ2n) is 7.19. The van der Waals surface area contributed by atoms with Gasteiger partial charge in [0.25, 0.3) is 0 Å². The normalized spacial score (nSPS) is 15.2. The van der Waals surface area contributed by atoms with Crippen molar-refractivity contribution in [1.82, 2.24) is 14.9 Å². The lowest BCUT2D eigenvalue weighted by Gasteiger charge is -2.30. The summed E-state index contributed by atoms with van der Waals surface area (Å²) in [5.41, 5.74) is 1.86. The van der Waals surface area contributed by atoms with Crippen molar-refractivity contribution in [3.8, 4) is 10.7 Å². The first-order chi connectivity index (χ1) is 15.3. The van der Waals surface area contributed by atoms with Gasteiger partial charge < -0.3 is 9.64 Å². The number of fused-ring (bicyclic) bond motifs is 1. The first-order valence-electron chi connectivity index (χ1n) is 10.2. The molecule has 0 bridgehead atoms. The number of aromatic nitrogens is 2. The molecule has 1 aliphatic rings. The largest absolute Gasteiger partial charge is 0.378 e. The van der Waals surface area contributed by atoms with E-state index in [1.54, 1.807) is 11.3 Å². The van der Waals surface area contributed by atoms with Crippen LogP contribution in [-0.4, -0.2) is 47.1 Å². The number of morpholine rings is 1. The molecule has 0 unspecified atom stereocenters. The minimum atomic E-state index is -0.381. The molecule has 1 amide bonds. The summed E-state index contributed by atoms with van der Waals surface area (Å²) in [5, 5.41) is 3.43. The fraction of sp³-hybridized carbons (Fsp3) is 0.208. The number of para-hydroxylation sites is 1. The molecule has 5 rings (SSSR count). The van der Waals surface area contributed by atoms with Crippen molar-refractivity contribution in [2.45, 2.75) is 10.3 Å². The van der Waals surface area contributed by atoms with E-state index in [2.05, 4.69) is 0 Å². The summed E-state index contributed by atoms with van der Waals surface area (Å²) < 4.78 is 5.45. The third kappa shape index (κ3) is 4.35. The fourth-order valence-corrected chi connectivity index (χ4v) is 5.47. The van der Waals surface area contributed by atoms with E-state index in [-0.39, 0.29) is 11.2 Å². The Morgan fingerprint density at radius 3 is 2.52 bits per heavy atom. The summed E-state index contributed by atoms with van der Waals surface area (Å²) in [6.07, 6.45) is 0. The predicted octanol–water partition coefficient (Wildman–Crippen LogP) is 5.05. The zero-order valence-corrected chi connectivity index (χ0v) is 18.4. The van der Waals surface area contributed by atoms with Crippen molar-refractivity contribution in [2.24, 2.45) is 0 Å². The molecule has 1 fully saturated rings. The third-order valence-corrected chi connectivity index (χ3v) is 7.30. The van der Waals surface area contributed by atoms with Crippen LogP contribution in [0.3, 0.4) is 0 Å². The Morgan fingerprint density at radius 1 is 0.968 bits per heavy atom. The molecule has 0 radical (unpaired) electrons. The molecule has 3 heterocycles. The van der Waals surface area contributed by atoms with Gasteiger partial charge in [0.05, 0.1) is 23.6 Å². The van der Waals surface area contributed by atoms with Gasteiger partial charge in [-0.05, 0) is 23.1 Å². The third-order valence-electron chi connectivity index (χ3n) is 5.19. The number of thiophene rings is 1. The van der Waals surface area contributed by atoms with E-state index in [0.717, 1.165) is 26.4 Å². The highest BCUT2D eigenvalue weighted by molar-refractivity contribution is 8.00. The number of hydrogen-bond donors (Lipinski definition) is 0. The van der Waals surface area contributed by atoms with Crippen LogP contribution >= 0.6 is 23.1 Å². The molecule has 0 spiro atoms. The van der Waals surface area contributed by atoms with E-state index >= 15 is 0 Å². The van der Waals surface area contributed by atoms with Gasteiger partial charge in [-0.2, -0.15) is 0 Å². The van der Waals surface area contributed by atoms with Gasteiger partial charge in [-0.15, -0.1) is 11.3 Å². The number of thioether (sulfide) groups is 1. The van der Waals surface area contributed by atoms with Crippen LogP contribution in [-0.2, 0) is 9.53 Å². The highest BCUT2D eigenvalue weighted by Gasteiger charge is 2.29. The molecule has 5 nitrogen and oxygen atoms in total. The van der Waals surface area contributed by atoms with Crippen LogP contribution in [0.4, 0.5) is 0 Å². The molecule has 0 N–H and O–H groups in total. The van der Waals surface area contributed by atoms with Gasteiger partial charge in [-0.25, -0.2) is 9.97 Å². The smallest absolute Gasteiger partial charge is 0.240 e. The molecular weight excluding hydrogens is 426 g/mol. The Labute approximate surface area is 189 Å². The number of amides is 1. The molecule has 31 heavy (non-hydrogen) atoms. The number of nitrogens with zero attached hydrogens (tertiary/aromatic N) is 3. The molecule has 0 saturated carbocycles. The molecule has 2 aromatic carbocycles. The Morgan fingerprint density at radius 2 is 1.74 bits per heavy atom. The van der Waals surface area contributed by atoms with Gasteiger partial charge in [0.1, 0.15) is 10.3 Å². The van der Waals surface area contributed by atoms with Crippen LogP contribution in [0.1, 0.15) is 10.8 Å². The average Bonchev–Trinajstić information content (AvgIpc) is 3.38. The van der Waals surface area contributed by atoms with Crippen LogP contribution < -0.4 is 0 Å². The van der Waals surface area contributed by atoms with E-state index < -0.39 is 0 Å².